The number of hydrogen-bond acceptors (Lipinski definition) is 5. The summed E-state index contributed by atoms with van der Waals surface area (Å²) in [6, 6.07) is 17.3. The van der Waals surface area contributed by atoms with Crippen molar-refractivity contribution < 1.29 is 4.74 Å². The molecule has 5 rings (SSSR count). The second kappa shape index (κ2) is 11.0. The minimum absolute atomic E-state index is 0.652. The van der Waals surface area contributed by atoms with E-state index in [4.69, 9.17) is 4.74 Å². The van der Waals surface area contributed by atoms with Gasteiger partial charge in [-0.3, -0.25) is 0 Å². The standard InChI is InChI=1S/C27H36N4OS/c1-29-16-18-30(19-17-29)13-4-20-32-23-7-9-24(10-8-23)33-31-14-11-22(12-15-31)26-21-28-27-6-3-2-5-25(26)27/h2-3,5-10,21-22,28H,4,11-20H2,1H3. The smallest absolute Gasteiger partial charge is 0.119 e. The third-order valence-electron chi connectivity index (χ3n) is 7.06. The number of benzene rings is 2. The van der Waals surface area contributed by atoms with Gasteiger partial charge in [-0.1, -0.05) is 18.2 Å². The molecule has 2 fully saturated rings. The van der Waals surface area contributed by atoms with E-state index in [1.165, 1.54) is 60.4 Å². The Balaban J connectivity index is 1.03. The molecule has 176 valence electrons. The molecule has 33 heavy (non-hydrogen) atoms. The van der Waals surface area contributed by atoms with Crippen molar-refractivity contribution >= 4 is 22.9 Å². The molecule has 0 atom stereocenters. The summed E-state index contributed by atoms with van der Waals surface area (Å²) >= 11 is 1.88. The number of rotatable bonds is 8. The molecule has 3 aromatic rings. The monoisotopic (exact) mass is 464 g/mol. The summed E-state index contributed by atoms with van der Waals surface area (Å²) in [7, 11) is 2.20. The molecule has 5 nitrogen and oxygen atoms in total. The molecule has 6 heteroatoms. The van der Waals surface area contributed by atoms with Gasteiger partial charge in [0.1, 0.15) is 5.75 Å². The molecule has 0 amide bonds. The van der Waals surface area contributed by atoms with Crippen LogP contribution in [0.3, 0.4) is 0 Å². The van der Waals surface area contributed by atoms with E-state index >= 15 is 0 Å². The summed E-state index contributed by atoms with van der Waals surface area (Å²) in [6.07, 6.45) is 5.74. The molecule has 1 aromatic heterocycles. The summed E-state index contributed by atoms with van der Waals surface area (Å²) in [6.45, 7) is 8.90. The first-order valence-electron chi connectivity index (χ1n) is 12.4. The van der Waals surface area contributed by atoms with Crippen molar-refractivity contribution in [3.63, 3.8) is 0 Å². The second-order valence-corrected chi connectivity index (χ2v) is 10.6. The van der Waals surface area contributed by atoms with Gasteiger partial charge in [0, 0.05) is 67.8 Å². The number of likely N-dealkylation sites (N-methyl/N-ethyl adjacent to an activating group) is 1. The third-order valence-corrected chi connectivity index (χ3v) is 8.16. The van der Waals surface area contributed by atoms with E-state index in [0.29, 0.717) is 5.92 Å². The van der Waals surface area contributed by atoms with Crippen LogP contribution in [0.2, 0.25) is 0 Å². The molecular weight excluding hydrogens is 428 g/mol. The van der Waals surface area contributed by atoms with E-state index in [1.54, 1.807) is 0 Å². The fourth-order valence-electron chi connectivity index (χ4n) is 4.99. The Morgan fingerprint density at radius 3 is 2.48 bits per heavy atom. The number of aromatic amines is 1. The van der Waals surface area contributed by atoms with Gasteiger partial charge in [-0.15, -0.1) is 0 Å². The first-order valence-corrected chi connectivity index (χ1v) is 13.1. The number of aromatic nitrogens is 1. The minimum Gasteiger partial charge on any atom is -0.494 e. The van der Waals surface area contributed by atoms with Crippen LogP contribution >= 0.6 is 11.9 Å². The number of nitrogens with one attached hydrogen (secondary N) is 1. The van der Waals surface area contributed by atoms with E-state index < -0.39 is 0 Å². The number of para-hydroxylation sites is 1. The highest BCUT2D eigenvalue weighted by Gasteiger charge is 2.23. The average Bonchev–Trinajstić information content (AvgIpc) is 3.29. The lowest BCUT2D eigenvalue weighted by molar-refractivity contribution is 0.145. The van der Waals surface area contributed by atoms with Crippen LogP contribution < -0.4 is 4.74 Å². The minimum atomic E-state index is 0.652. The van der Waals surface area contributed by atoms with Crippen LogP contribution in [0, 0.1) is 0 Å². The summed E-state index contributed by atoms with van der Waals surface area (Å²) < 4.78 is 8.50. The number of H-pyrrole nitrogens is 1. The summed E-state index contributed by atoms with van der Waals surface area (Å²) in [5, 5.41) is 1.39. The molecule has 0 aliphatic carbocycles. The lowest BCUT2D eigenvalue weighted by atomic mass is 9.90. The molecule has 2 saturated heterocycles. The number of piperazine rings is 1. The number of piperidine rings is 1. The molecule has 0 bridgehead atoms. The molecule has 0 saturated carbocycles. The van der Waals surface area contributed by atoms with Gasteiger partial charge >= 0.3 is 0 Å². The maximum atomic E-state index is 5.99. The van der Waals surface area contributed by atoms with Gasteiger partial charge < -0.3 is 19.5 Å². The van der Waals surface area contributed by atoms with Crippen LogP contribution in [-0.2, 0) is 0 Å². The molecule has 1 N–H and O–H groups in total. The molecule has 3 heterocycles. The summed E-state index contributed by atoms with van der Waals surface area (Å²) in [5.74, 6) is 1.63. The van der Waals surface area contributed by atoms with Crippen LogP contribution in [0.5, 0.6) is 5.75 Å². The van der Waals surface area contributed by atoms with Crippen LogP contribution in [0.15, 0.2) is 59.6 Å². The van der Waals surface area contributed by atoms with Gasteiger partial charge in [0.2, 0.25) is 0 Å². The zero-order valence-electron chi connectivity index (χ0n) is 19.7. The van der Waals surface area contributed by atoms with E-state index in [9.17, 15) is 0 Å². The number of fused-ring (bicyclic) bond motifs is 1. The topological polar surface area (TPSA) is 34.7 Å². The maximum absolute atomic E-state index is 5.99. The molecule has 0 spiro atoms. The van der Waals surface area contributed by atoms with Gasteiger partial charge in [0.05, 0.1) is 6.61 Å². The summed E-state index contributed by atoms with van der Waals surface area (Å²) in [4.78, 5) is 9.69. The van der Waals surface area contributed by atoms with Crippen molar-refractivity contribution in [1.82, 2.24) is 19.1 Å². The van der Waals surface area contributed by atoms with Crippen molar-refractivity contribution in [3.8, 4) is 5.75 Å². The van der Waals surface area contributed by atoms with Crippen molar-refractivity contribution in [3.05, 3.63) is 60.3 Å². The lowest BCUT2D eigenvalue weighted by Crippen LogP contribution is -2.44. The van der Waals surface area contributed by atoms with Gasteiger partial charge in [0.15, 0.2) is 0 Å². The highest BCUT2D eigenvalue weighted by Crippen LogP contribution is 2.36. The average molecular weight is 465 g/mol. The maximum Gasteiger partial charge on any atom is 0.119 e. The van der Waals surface area contributed by atoms with Crippen molar-refractivity contribution in [2.75, 3.05) is 59.5 Å². The van der Waals surface area contributed by atoms with Gasteiger partial charge in [0.25, 0.3) is 0 Å². The van der Waals surface area contributed by atoms with Crippen molar-refractivity contribution in [1.29, 1.82) is 0 Å². The molecule has 0 unspecified atom stereocenters. The molecule has 2 aromatic carbocycles. The first kappa shape index (κ1) is 22.8. The van der Waals surface area contributed by atoms with Crippen LogP contribution in [0.25, 0.3) is 10.9 Å². The zero-order chi connectivity index (χ0) is 22.5. The number of ether oxygens (including phenoxy) is 1. The lowest BCUT2D eigenvalue weighted by Gasteiger charge is -2.32. The Hall–Kier alpha value is -1.99. The highest BCUT2D eigenvalue weighted by molar-refractivity contribution is 7.97. The molecule has 0 radical (unpaired) electrons. The van der Waals surface area contributed by atoms with Crippen molar-refractivity contribution in [2.24, 2.45) is 0 Å². The van der Waals surface area contributed by atoms with Crippen LogP contribution in [0.1, 0.15) is 30.7 Å². The van der Waals surface area contributed by atoms with E-state index in [2.05, 4.69) is 80.9 Å². The van der Waals surface area contributed by atoms with E-state index in [0.717, 1.165) is 38.4 Å². The molecular formula is C27H36N4OS. The predicted molar refractivity (Wildman–Crippen MR) is 138 cm³/mol. The SMILES string of the molecule is CN1CCN(CCCOc2ccc(SN3CCC(c4c[nH]c5ccccc45)CC3)cc2)CC1. The fraction of sp³-hybridized carbons (Fsp3) is 0.481. The van der Waals surface area contributed by atoms with Crippen LogP contribution in [0.4, 0.5) is 0 Å². The second-order valence-electron chi connectivity index (χ2n) is 9.40. The third kappa shape index (κ3) is 5.93. The van der Waals surface area contributed by atoms with Crippen molar-refractivity contribution in [2.45, 2.75) is 30.1 Å². The summed E-state index contributed by atoms with van der Waals surface area (Å²) in [5.41, 5.74) is 2.75. The Labute approximate surface area is 202 Å². The molecule has 2 aliphatic rings. The zero-order valence-corrected chi connectivity index (χ0v) is 20.5. The molecule has 2 aliphatic heterocycles. The largest absolute Gasteiger partial charge is 0.494 e. The van der Waals surface area contributed by atoms with Gasteiger partial charge in [-0.2, -0.15) is 0 Å². The van der Waals surface area contributed by atoms with Gasteiger partial charge in [-0.25, -0.2) is 4.31 Å². The van der Waals surface area contributed by atoms with E-state index in [-0.39, 0.29) is 0 Å². The Bertz CT molecular complexity index is 1000. The normalized spacial score (nSPS) is 19.3. The Kier molecular flexibility index (Phi) is 7.57. The first-order chi connectivity index (χ1) is 16.2. The van der Waals surface area contributed by atoms with Crippen LogP contribution in [-0.4, -0.2) is 78.6 Å². The number of hydrogen-bond donors (Lipinski definition) is 1. The fourth-order valence-corrected chi connectivity index (χ4v) is 5.93. The predicted octanol–water partition coefficient (Wildman–Crippen LogP) is 5.07. The number of nitrogens with zero attached hydrogens (tertiary/aromatic N) is 3. The van der Waals surface area contributed by atoms with Gasteiger partial charge in [-0.05, 0) is 80.1 Å². The Morgan fingerprint density at radius 1 is 0.939 bits per heavy atom. The Morgan fingerprint density at radius 2 is 1.70 bits per heavy atom. The quantitative estimate of drug-likeness (QED) is 0.372. The van der Waals surface area contributed by atoms with E-state index in [1.807, 2.05) is 11.9 Å². The highest BCUT2D eigenvalue weighted by atomic mass is 32.2.